The zero-order valence-corrected chi connectivity index (χ0v) is 12.6. The monoisotopic (exact) mass is 359 g/mol. The van der Waals surface area contributed by atoms with Crippen molar-refractivity contribution in [3.8, 4) is 5.75 Å². The van der Waals surface area contributed by atoms with E-state index in [1.54, 1.807) is 6.07 Å². The van der Waals surface area contributed by atoms with Crippen molar-refractivity contribution in [3.05, 3.63) is 63.4 Å². The van der Waals surface area contributed by atoms with E-state index in [1.165, 1.54) is 24.3 Å². The number of nitrogens with two attached hydrogens (primary N) is 1. The molecule has 0 radical (unpaired) electrons. The fraction of sp³-hybridized carbons (Fsp3) is 0.200. The first-order valence-electron chi connectivity index (χ1n) is 6.26. The Morgan fingerprint density at radius 2 is 1.67 bits per heavy atom. The molecule has 2 aromatic rings. The van der Waals surface area contributed by atoms with E-state index in [9.17, 15) is 13.2 Å². The van der Waals surface area contributed by atoms with Gasteiger partial charge < -0.3 is 10.5 Å². The number of benzene rings is 2. The van der Waals surface area contributed by atoms with Crippen LogP contribution in [0.25, 0.3) is 0 Å². The summed E-state index contributed by atoms with van der Waals surface area (Å²) in [4.78, 5) is 0. The molecule has 6 heteroatoms. The minimum atomic E-state index is -0.823. The number of ether oxygens (including phenoxy) is 1. The van der Waals surface area contributed by atoms with Crippen LogP contribution < -0.4 is 10.5 Å². The lowest BCUT2D eigenvalue weighted by atomic mass is 10.1. The topological polar surface area (TPSA) is 35.2 Å². The van der Waals surface area contributed by atoms with Crippen molar-refractivity contribution in [2.75, 3.05) is 6.54 Å². The fourth-order valence-corrected chi connectivity index (χ4v) is 2.18. The molecule has 21 heavy (non-hydrogen) atoms. The van der Waals surface area contributed by atoms with Crippen LogP contribution in [0, 0.1) is 17.5 Å². The molecule has 0 atom stereocenters. The lowest BCUT2D eigenvalue weighted by Crippen LogP contribution is -2.06. The molecule has 2 nitrogen and oxygen atoms in total. The van der Waals surface area contributed by atoms with Gasteiger partial charge in [-0.15, -0.1) is 0 Å². The Kier molecular flexibility index (Phi) is 5.25. The second-order valence-corrected chi connectivity index (χ2v) is 5.37. The van der Waals surface area contributed by atoms with Gasteiger partial charge in [-0.3, -0.25) is 0 Å². The second kappa shape index (κ2) is 6.95. The van der Waals surface area contributed by atoms with E-state index in [0.29, 0.717) is 23.0 Å². The maximum absolute atomic E-state index is 13.8. The zero-order chi connectivity index (χ0) is 15.4. The Labute approximate surface area is 128 Å². The van der Waals surface area contributed by atoms with Crippen molar-refractivity contribution in [1.82, 2.24) is 0 Å². The molecule has 0 saturated heterocycles. The molecule has 0 amide bonds. The molecule has 112 valence electrons. The molecule has 0 fully saturated rings. The summed E-state index contributed by atoms with van der Waals surface area (Å²) in [6, 6.07) is 6.71. The van der Waals surface area contributed by atoms with Crippen LogP contribution in [0.3, 0.4) is 0 Å². The molecule has 0 bridgehead atoms. The van der Waals surface area contributed by atoms with Crippen LogP contribution >= 0.6 is 15.9 Å². The molecule has 0 aliphatic heterocycles. The molecule has 0 heterocycles. The minimum Gasteiger partial charge on any atom is -0.483 e. The van der Waals surface area contributed by atoms with E-state index in [1.807, 2.05) is 0 Å². The number of rotatable bonds is 5. The first-order chi connectivity index (χ1) is 10.0. The van der Waals surface area contributed by atoms with Crippen molar-refractivity contribution in [2.24, 2.45) is 5.73 Å². The molecule has 2 rings (SSSR count). The van der Waals surface area contributed by atoms with Gasteiger partial charge in [0.15, 0.2) is 17.4 Å². The summed E-state index contributed by atoms with van der Waals surface area (Å²) in [5.41, 5.74) is 6.01. The van der Waals surface area contributed by atoms with Crippen molar-refractivity contribution < 1.29 is 17.9 Å². The van der Waals surface area contributed by atoms with Crippen LogP contribution in [0.2, 0.25) is 0 Å². The Morgan fingerprint density at radius 1 is 1.00 bits per heavy atom. The van der Waals surface area contributed by atoms with Gasteiger partial charge in [0.05, 0.1) is 0 Å². The maximum atomic E-state index is 13.8. The van der Waals surface area contributed by atoms with Gasteiger partial charge in [0.1, 0.15) is 12.4 Å². The van der Waals surface area contributed by atoms with E-state index >= 15 is 0 Å². The van der Waals surface area contributed by atoms with Gasteiger partial charge in [-0.05, 0) is 42.8 Å². The van der Waals surface area contributed by atoms with Gasteiger partial charge >= 0.3 is 0 Å². The third kappa shape index (κ3) is 3.98. The highest BCUT2D eigenvalue weighted by Gasteiger charge is 2.14. The van der Waals surface area contributed by atoms with Gasteiger partial charge in [0.2, 0.25) is 0 Å². The fourth-order valence-electron chi connectivity index (χ4n) is 1.85. The van der Waals surface area contributed by atoms with Crippen molar-refractivity contribution >= 4 is 15.9 Å². The average Bonchev–Trinajstić information content (AvgIpc) is 2.40. The molecule has 0 unspecified atom stereocenters. The molecule has 0 saturated carbocycles. The molecule has 2 aromatic carbocycles. The Hall–Kier alpha value is -1.53. The first-order valence-corrected chi connectivity index (χ1v) is 7.05. The molecule has 0 aliphatic rings. The lowest BCUT2D eigenvalue weighted by Gasteiger charge is -2.11. The highest BCUT2D eigenvalue weighted by molar-refractivity contribution is 9.10. The third-order valence-corrected chi connectivity index (χ3v) is 3.37. The number of halogens is 4. The maximum Gasteiger partial charge on any atom is 0.191 e. The van der Waals surface area contributed by atoms with Crippen LogP contribution in [0.15, 0.2) is 34.8 Å². The van der Waals surface area contributed by atoms with Gasteiger partial charge in [0.25, 0.3) is 0 Å². The summed E-state index contributed by atoms with van der Waals surface area (Å²) >= 11 is 3.13. The average molecular weight is 360 g/mol. The Balaban J connectivity index is 2.16. The van der Waals surface area contributed by atoms with E-state index < -0.39 is 23.2 Å². The van der Waals surface area contributed by atoms with Crippen LogP contribution in [0.1, 0.15) is 11.1 Å². The van der Waals surface area contributed by atoms with Crippen molar-refractivity contribution in [2.45, 2.75) is 13.0 Å². The Morgan fingerprint density at radius 3 is 2.24 bits per heavy atom. The standard InChI is InChI=1S/C15H13BrF3NO/c16-11-2-1-10(12(17)7-11)8-21-15-13(18)5-9(3-4-20)6-14(15)19/h1-2,5-7H,3-4,8,20H2. The minimum absolute atomic E-state index is 0.211. The normalized spacial score (nSPS) is 10.7. The van der Waals surface area contributed by atoms with Crippen LogP contribution in [-0.2, 0) is 13.0 Å². The Bertz CT molecular complexity index is 626. The smallest absolute Gasteiger partial charge is 0.191 e. The highest BCUT2D eigenvalue weighted by atomic mass is 79.9. The summed E-state index contributed by atoms with van der Waals surface area (Å²) in [5.74, 6) is -2.67. The van der Waals surface area contributed by atoms with Crippen molar-refractivity contribution in [3.63, 3.8) is 0 Å². The van der Waals surface area contributed by atoms with Crippen molar-refractivity contribution in [1.29, 1.82) is 0 Å². The van der Waals surface area contributed by atoms with Crippen LogP contribution in [0.4, 0.5) is 13.2 Å². The highest BCUT2D eigenvalue weighted by Crippen LogP contribution is 2.25. The summed E-state index contributed by atoms with van der Waals surface area (Å²) in [6.07, 6.45) is 0.370. The van der Waals surface area contributed by atoms with Gasteiger partial charge in [-0.25, -0.2) is 13.2 Å². The third-order valence-electron chi connectivity index (χ3n) is 2.88. The number of hydrogen-bond donors (Lipinski definition) is 1. The SMILES string of the molecule is NCCc1cc(F)c(OCc2ccc(Br)cc2F)c(F)c1. The van der Waals surface area contributed by atoms with Gasteiger partial charge in [-0.2, -0.15) is 0 Å². The molecular formula is C15H13BrF3NO. The lowest BCUT2D eigenvalue weighted by molar-refractivity contribution is 0.269. The summed E-state index contributed by atoms with van der Waals surface area (Å²) < 4.78 is 46.8. The van der Waals surface area contributed by atoms with Crippen LogP contribution in [-0.4, -0.2) is 6.54 Å². The molecule has 2 N–H and O–H groups in total. The van der Waals surface area contributed by atoms with Crippen LogP contribution in [0.5, 0.6) is 5.75 Å². The molecule has 0 aromatic heterocycles. The van der Waals surface area contributed by atoms with Gasteiger partial charge in [-0.1, -0.05) is 22.0 Å². The summed E-state index contributed by atoms with van der Waals surface area (Å²) in [5, 5.41) is 0. The molecule has 0 spiro atoms. The zero-order valence-electron chi connectivity index (χ0n) is 11.0. The molecular weight excluding hydrogens is 347 g/mol. The predicted octanol–water partition coefficient (Wildman–Crippen LogP) is 3.95. The summed E-state index contributed by atoms with van der Waals surface area (Å²) in [6.45, 7) is 0.0341. The van der Waals surface area contributed by atoms with Gasteiger partial charge in [0, 0.05) is 10.0 Å². The largest absolute Gasteiger partial charge is 0.483 e. The predicted molar refractivity (Wildman–Crippen MR) is 77.5 cm³/mol. The van der Waals surface area contributed by atoms with E-state index in [-0.39, 0.29) is 12.2 Å². The quantitative estimate of drug-likeness (QED) is 0.877. The first kappa shape index (κ1) is 15.9. The van der Waals surface area contributed by atoms with E-state index in [2.05, 4.69) is 15.9 Å². The molecule has 0 aliphatic carbocycles. The summed E-state index contributed by atoms with van der Waals surface area (Å²) in [7, 11) is 0. The number of hydrogen-bond acceptors (Lipinski definition) is 2. The second-order valence-electron chi connectivity index (χ2n) is 4.45. The van der Waals surface area contributed by atoms with E-state index in [4.69, 9.17) is 10.5 Å². The van der Waals surface area contributed by atoms with E-state index in [0.717, 1.165) is 0 Å².